The molecule has 4 heterocycles. The third-order valence-corrected chi connectivity index (χ3v) is 8.02. The fourth-order valence-electron chi connectivity index (χ4n) is 5.76. The Hall–Kier alpha value is -2.78. The molecule has 0 spiro atoms. The van der Waals surface area contributed by atoms with Crippen molar-refractivity contribution in [2.75, 3.05) is 46.6 Å². The van der Waals surface area contributed by atoms with Crippen LogP contribution in [0.5, 0.6) is 11.6 Å². The van der Waals surface area contributed by atoms with Gasteiger partial charge in [0, 0.05) is 61.4 Å². The number of H-pyrrole nitrogens is 1. The Bertz CT molecular complexity index is 1240. The summed E-state index contributed by atoms with van der Waals surface area (Å²) in [5.74, 6) is 1.32. The number of benzene rings is 1. The molecule has 2 aromatic heterocycles. The Kier molecular flexibility index (Phi) is 6.08. The third kappa shape index (κ3) is 4.32. The van der Waals surface area contributed by atoms with Gasteiger partial charge in [-0.1, -0.05) is 6.07 Å². The van der Waals surface area contributed by atoms with Crippen molar-refractivity contribution in [3.05, 3.63) is 47.3 Å². The summed E-state index contributed by atoms with van der Waals surface area (Å²) in [4.78, 5) is 9.06. The van der Waals surface area contributed by atoms with Gasteiger partial charge in [-0.25, -0.2) is 9.37 Å². The average molecular weight is 498 g/mol. The Morgan fingerprint density at radius 1 is 1.19 bits per heavy atom. The maximum Gasteiger partial charge on any atom is 0.217 e. The van der Waals surface area contributed by atoms with Gasteiger partial charge in [0.05, 0.1) is 31.5 Å². The second-order valence-electron chi connectivity index (χ2n) is 10.6. The lowest BCUT2D eigenvalue weighted by atomic mass is 9.83. The van der Waals surface area contributed by atoms with E-state index in [0.717, 1.165) is 48.1 Å². The largest absolute Gasteiger partial charge is 0.496 e. The average Bonchev–Trinajstić information content (AvgIpc) is 3.37. The topological polar surface area (TPSA) is 66.5 Å². The van der Waals surface area contributed by atoms with Gasteiger partial charge >= 0.3 is 0 Å². The fourth-order valence-corrected chi connectivity index (χ4v) is 5.76. The zero-order chi connectivity index (χ0) is 24.9. The van der Waals surface area contributed by atoms with Gasteiger partial charge in [0.25, 0.3) is 0 Å². The molecule has 1 aliphatic carbocycles. The van der Waals surface area contributed by atoms with E-state index in [0.29, 0.717) is 37.6 Å². The minimum Gasteiger partial charge on any atom is -0.496 e. The van der Waals surface area contributed by atoms with Crippen molar-refractivity contribution in [1.82, 2.24) is 25.0 Å². The Balaban J connectivity index is 1.30. The van der Waals surface area contributed by atoms with Crippen LogP contribution in [0.1, 0.15) is 42.5 Å². The van der Waals surface area contributed by atoms with Crippen molar-refractivity contribution in [3.63, 3.8) is 0 Å². The maximum atomic E-state index is 15.1. The van der Waals surface area contributed by atoms with Crippen LogP contribution < -0.4 is 9.47 Å². The zero-order valence-electron chi connectivity index (χ0n) is 20.8. The first-order valence-corrected chi connectivity index (χ1v) is 12.8. The van der Waals surface area contributed by atoms with Gasteiger partial charge in [0.15, 0.2) is 0 Å². The highest BCUT2D eigenvalue weighted by Crippen LogP contribution is 2.48. The summed E-state index contributed by atoms with van der Waals surface area (Å²) in [6.45, 7) is 5.08. The molecule has 0 radical (unpaired) electrons. The highest BCUT2D eigenvalue weighted by molar-refractivity contribution is 5.83. The summed E-state index contributed by atoms with van der Waals surface area (Å²) in [6.07, 6.45) is 5.75. The number of hydrogen-bond donors (Lipinski definition) is 1. The molecule has 0 amide bonds. The van der Waals surface area contributed by atoms with Gasteiger partial charge < -0.3 is 9.47 Å². The first kappa shape index (κ1) is 23.6. The Morgan fingerprint density at radius 3 is 2.78 bits per heavy atom. The number of aromatic nitrogens is 3. The van der Waals surface area contributed by atoms with E-state index in [-0.39, 0.29) is 24.7 Å². The number of pyridine rings is 1. The van der Waals surface area contributed by atoms with Crippen LogP contribution in [0.15, 0.2) is 30.6 Å². The molecule has 2 aliphatic heterocycles. The van der Waals surface area contributed by atoms with E-state index in [4.69, 9.17) is 9.47 Å². The van der Waals surface area contributed by atoms with Crippen LogP contribution in [0, 0.1) is 5.92 Å². The number of likely N-dealkylation sites (tertiary alicyclic amines) is 1. The molecular weight excluding hydrogens is 464 g/mol. The number of hydrogen-bond acceptors (Lipinski definition) is 6. The van der Waals surface area contributed by atoms with Crippen molar-refractivity contribution < 1.29 is 18.3 Å². The van der Waals surface area contributed by atoms with Crippen LogP contribution >= 0.6 is 0 Å². The Morgan fingerprint density at radius 2 is 2.03 bits per heavy atom. The highest BCUT2D eigenvalue weighted by Gasteiger charge is 2.48. The van der Waals surface area contributed by atoms with Gasteiger partial charge in [-0.2, -0.15) is 5.10 Å². The molecule has 1 saturated heterocycles. The number of halogens is 2. The van der Waals surface area contributed by atoms with Crippen LogP contribution in [0.4, 0.5) is 8.78 Å². The second-order valence-corrected chi connectivity index (χ2v) is 10.6. The fraction of sp³-hybridized carbons (Fsp3) is 0.556. The summed E-state index contributed by atoms with van der Waals surface area (Å²) in [6, 6.07) is 5.95. The number of rotatable bonds is 9. The molecule has 2 fully saturated rings. The number of fused-ring (bicyclic) bond motifs is 3. The van der Waals surface area contributed by atoms with Crippen molar-refractivity contribution in [2.24, 2.45) is 5.92 Å². The number of nitrogens with one attached hydrogen (secondary N) is 1. The monoisotopic (exact) mass is 497 g/mol. The van der Waals surface area contributed by atoms with E-state index in [9.17, 15) is 4.39 Å². The molecule has 6 rings (SSSR count). The second kappa shape index (κ2) is 9.27. The van der Waals surface area contributed by atoms with E-state index in [1.165, 1.54) is 5.56 Å². The quantitative estimate of drug-likeness (QED) is 0.481. The summed E-state index contributed by atoms with van der Waals surface area (Å²) < 4.78 is 39.5. The van der Waals surface area contributed by atoms with Crippen molar-refractivity contribution in [3.8, 4) is 11.6 Å². The van der Waals surface area contributed by atoms with Crippen LogP contribution in [0.2, 0.25) is 0 Å². The van der Waals surface area contributed by atoms with Crippen LogP contribution in [-0.4, -0.2) is 83.3 Å². The standard InChI is InChI=1S/C27H33F2N5O2/c1-17-9-20-19(3-4-23-21(20)13-31-32-23)26(34(17)16-27(29)5-6-27)22-12-30-25(10-24(22)35-2)36-8-7-33-14-18(11-28)15-33/h3-4,10,12-13,17-18,26H,5-9,11,14-16H2,1-2H3,(H,31,32)/t17-,26?/m1/s1. The van der Waals surface area contributed by atoms with Gasteiger partial charge in [-0.15, -0.1) is 0 Å². The van der Waals surface area contributed by atoms with Crippen molar-refractivity contribution in [2.45, 2.75) is 43.9 Å². The predicted molar refractivity (Wildman–Crippen MR) is 133 cm³/mol. The predicted octanol–water partition coefficient (Wildman–Crippen LogP) is 4.08. The van der Waals surface area contributed by atoms with E-state index in [1.807, 2.05) is 24.5 Å². The lowest BCUT2D eigenvalue weighted by Gasteiger charge is -2.43. The molecule has 0 bridgehead atoms. The summed E-state index contributed by atoms with van der Waals surface area (Å²) in [5, 5.41) is 8.43. The molecule has 2 atom stereocenters. The molecule has 9 heteroatoms. The number of nitrogens with zero attached hydrogens (tertiary/aromatic N) is 4. The lowest BCUT2D eigenvalue weighted by Crippen LogP contribution is -2.49. The molecule has 1 saturated carbocycles. The van der Waals surface area contributed by atoms with Crippen LogP contribution in [0.3, 0.4) is 0 Å². The van der Waals surface area contributed by atoms with E-state index in [1.54, 1.807) is 7.11 Å². The number of ether oxygens (including phenoxy) is 2. The molecule has 3 aromatic rings. The van der Waals surface area contributed by atoms with Gasteiger partial charge in [0.1, 0.15) is 18.0 Å². The number of aromatic amines is 1. The minimum atomic E-state index is -1.12. The maximum absolute atomic E-state index is 15.1. The Labute approximate surface area is 209 Å². The SMILES string of the molecule is COc1cc(OCCN2CC(CF)C2)ncc1C1c2ccc3[nH]ncc3c2C[C@@H](C)N1CC1(F)CC1. The van der Waals surface area contributed by atoms with E-state index in [2.05, 4.69) is 38.0 Å². The molecular formula is C27H33F2N5O2. The molecule has 1 N–H and O–H groups in total. The zero-order valence-corrected chi connectivity index (χ0v) is 20.8. The summed E-state index contributed by atoms with van der Waals surface area (Å²) in [5.41, 5.74) is 3.16. The highest BCUT2D eigenvalue weighted by atomic mass is 19.1. The van der Waals surface area contributed by atoms with E-state index >= 15 is 4.39 Å². The first-order valence-electron chi connectivity index (χ1n) is 12.8. The van der Waals surface area contributed by atoms with E-state index < -0.39 is 5.67 Å². The number of methoxy groups -OCH3 is 1. The van der Waals surface area contributed by atoms with Gasteiger partial charge in [0.2, 0.25) is 5.88 Å². The lowest BCUT2D eigenvalue weighted by molar-refractivity contribution is 0.0660. The smallest absolute Gasteiger partial charge is 0.217 e. The molecule has 1 unspecified atom stereocenters. The third-order valence-electron chi connectivity index (χ3n) is 8.02. The summed E-state index contributed by atoms with van der Waals surface area (Å²) >= 11 is 0. The van der Waals surface area contributed by atoms with Crippen LogP contribution in [0.25, 0.3) is 10.9 Å². The number of alkyl halides is 2. The van der Waals surface area contributed by atoms with Crippen molar-refractivity contribution in [1.29, 1.82) is 0 Å². The molecule has 192 valence electrons. The molecule has 1 aromatic carbocycles. The van der Waals surface area contributed by atoms with Crippen LogP contribution in [-0.2, 0) is 6.42 Å². The van der Waals surface area contributed by atoms with Gasteiger partial charge in [-0.05, 0) is 43.4 Å². The summed E-state index contributed by atoms with van der Waals surface area (Å²) in [7, 11) is 1.65. The normalized spacial score (nSPS) is 23.9. The van der Waals surface area contributed by atoms with Crippen molar-refractivity contribution >= 4 is 10.9 Å². The molecule has 36 heavy (non-hydrogen) atoms. The molecule has 3 aliphatic rings. The molecule has 7 nitrogen and oxygen atoms in total. The minimum absolute atomic E-state index is 0.140. The van der Waals surface area contributed by atoms with Gasteiger partial charge in [-0.3, -0.25) is 19.3 Å². The first-order chi connectivity index (χ1) is 17.5.